The average molecular weight is 228 g/mol. The molecular formula is C11H20N2O3. The lowest BCUT2D eigenvalue weighted by Crippen LogP contribution is -2.39. The Morgan fingerprint density at radius 1 is 1.44 bits per heavy atom. The Balaban J connectivity index is 2.38. The van der Waals surface area contributed by atoms with Crippen LogP contribution in [0.25, 0.3) is 0 Å². The lowest BCUT2D eigenvalue weighted by atomic mass is 10.3. The van der Waals surface area contributed by atoms with Crippen molar-refractivity contribution in [2.75, 3.05) is 14.2 Å². The van der Waals surface area contributed by atoms with E-state index < -0.39 is 0 Å². The van der Waals surface area contributed by atoms with Gasteiger partial charge in [0.25, 0.3) is 0 Å². The van der Waals surface area contributed by atoms with E-state index in [1.807, 2.05) is 13.8 Å². The molecule has 0 aliphatic rings. The summed E-state index contributed by atoms with van der Waals surface area (Å²) in [5.41, 5.74) is 0. The second-order valence-corrected chi connectivity index (χ2v) is 3.58. The third kappa shape index (κ3) is 3.59. The summed E-state index contributed by atoms with van der Waals surface area (Å²) >= 11 is 0. The van der Waals surface area contributed by atoms with E-state index in [2.05, 4.69) is 10.3 Å². The van der Waals surface area contributed by atoms with Crippen LogP contribution in [0.15, 0.2) is 10.6 Å². The Labute approximate surface area is 96.1 Å². The summed E-state index contributed by atoms with van der Waals surface area (Å²) in [7, 11) is 3.24. The van der Waals surface area contributed by atoms with Gasteiger partial charge in [-0.3, -0.25) is 0 Å². The first-order valence-corrected chi connectivity index (χ1v) is 5.43. The third-order valence-electron chi connectivity index (χ3n) is 2.40. The minimum absolute atomic E-state index is 0.0759. The van der Waals surface area contributed by atoms with E-state index >= 15 is 0 Å². The van der Waals surface area contributed by atoms with Crippen LogP contribution in [0.5, 0.6) is 0 Å². The molecule has 0 aliphatic heterocycles. The highest BCUT2D eigenvalue weighted by Gasteiger charge is 2.15. The van der Waals surface area contributed by atoms with E-state index in [0.717, 1.165) is 12.2 Å². The molecule has 0 aromatic carbocycles. The van der Waals surface area contributed by atoms with Gasteiger partial charge in [0.15, 0.2) is 6.29 Å². The Bertz CT molecular complexity index is 297. The molecule has 1 aromatic rings. The zero-order valence-electron chi connectivity index (χ0n) is 10.3. The summed E-state index contributed by atoms with van der Waals surface area (Å²) < 4.78 is 15.8. The van der Waals surface area contributed by atoms with E-state index in [1.54, 1.807) is 20.4 Å². The van der Waals surface area contributed by atoms with Crippen molar-refractivity contribution >= 4 is 0 Å². The van der Waals surface area contributed by atoms with Gasteiger partial charge < -0.3 is 19.2 Å². The highest BCUT2D eigenvalue weighted by Crippen LogP contribution is 2.05. The van der Waals surface area contributed by atoms with Gasteiger partial charge in [-0.15, -0.1) is 0 Å². The summed E-state index contributed by atoms with van der Waals surface area (Å²) in [5.74, 6) is 1.59. The summed E-state index contributed by atoms with van der Waals surface area (Å²) in [6.45, 7) is 4.60. The molecule has 1 aromatic heterocycles. The molecule has 0 amide bonds. The second kappa shape index (κ2) is 6.62. The van der Waals surface area contributed by atoms with Gasteiger partial charge in [0.05, 0.1) is 18.8 Å². The minimum Gasteiger partial charge on any atom is -0.444 e. The van der Waals surface area contributed by atoms with Crippen molar-refractivity contribution < 1.29 is 13.9 Å². The lowest BCUT2D eigenvalue weighted by Gasteiger charge is -2.21. The zero-order chi connectivity index (χ0) is 12.0. The average Bonchev–Trinajstić information content (AvgIpc) is 2.76. The van der Waals surface area contributed by atoms with Gasteiger partial charge in [0.2, 0.25) is 5.89 Å². The quantitative estimate of drug-likeness (QED) is 0.714. The Morgan fingerprint density at radius 3 is 2.62 bits per heavy atom. The maximum Gasteiger partial charge on any atom is 0.208 e. The molecular weight excluding hydrogens is 208 g/mol. The third-order valence-corrected chi connectivity index (χ3v) is 2.40. The van der Waals surface area contributed by atoms with E-state index in [4.69, 9.17) is 13.9 Å². The van der Waals surface area contributed by atoms with Crippen LogP contribution in [-0.4, -0.2) is 31.5 Å². The van der Waals surface area contributed by atoms with Crippen LogP contribution in [0.4, 0.5) is 0 Å². The summed E-state index contributed by atoms with van der Waals surface area (Å²) in [5, 5.41) is 3.23. The number of nitrogens with zero attached hydrogens (tertiary/aromatic N) is 1. The number of aromatic nitrogens is 1. The number of hydrogen-bond acceptors (Lipinski definition) is 5. The summed E-state index contributed by atoms with van der Waals surface area (Å²) in [4.78, 5) is 4.16. The van der Waals surface area contributed by atoms with Crippen LogP contribution >= 0.6 is 0 Å². The molecule has 16 heavy (non-hydrogen) atoms. The van der Waals surface area contributed by atoms with Gasteiger partial charge >= 0.3 is 0 Å². The van der Waals surface area contributed by atoms with E-state index in [-0.39, 0.29) is 12.3 Å². The molecule has 1 heterocycles. The van der Waals surface area contributed by atoms with Gasteiger partial charge in [-0.25, -0.2) is 4.98 Å². The molecule has 0 spiro atoms. The fraction of sp³-hybridized carbons (Fsp3) is 0.727. The molecule has 0 aliphatic carbocycles. The SMILES string of the molecule is CCc1cnc(CNC(C)C(OC)OC)o1. The number of ether oxygens (including phenoxy) is 2. The maximum absolute atomic E-state index is 5.47. The number of oxazole rings is 1. The van der Waals surface area contributed by atoms with Gasteiger partial charge in [0, 0.05) is 20.6 Å². The first-order valence-electron chi connectivity index (χ1n) is 5.43. The normalized spacial score (nSPS) is 13.3. The highest BCUT2D eigenvalue weighted by molar-refractivity contribution is 4.93. The molecule has 0 saturated heterocycles. The van der Waals surface area contributed by atoms with E-state index in [0.29, 0.717) is 12.4 Å². The molecule has 0 radical (unpaired) electrons. The molecule has 0 bridgehead atoms. The fourth-order valence-electron chi connectivity index (χ4n) is 1.44. The number of rotatable bonds is 7. The molecule has 1 N–H and O–H groups in total. The van der Waals surface area contributed by atoms with Crippen LogP contribution in [-0.2, 0) is 22.4 Å². The van der Waals surface area contributed by atoms with E-state index in [9.17, 15) is 0 Å². The molecule has 0 fully saturated rings. The topological polar surface area (TPSA) is 56.5 Å². The van der Waals surface area contributed by atoms with Crippen molar-refractivity contribution in [2.24, 2.45) is 0 Å². The van der Waals surface area contributed by atoms with Crippen LogP contribution in [0.3, 0.4) is 0 Å². The highest BCUT2D eigenvalue weighted by atomic mass is 16.7. The van der Waals surface area contributed by atoms with Crippen molar-refractivity contribution in [3.05, 3.63) is 17.8 Å². The van der Waals surface area contributed by atoms with Crippen LogP contribution in [0, 0.1) is 0 Å². The van der Waals surface area contributed by atoms with Gasteiger partial charge in [-0.2, -0.15) is 0 Å². The van der Waals surface area contributed by atoms with Crippen LogP contribution in [0.2, 0.25) is 0 Å². The fourth-order valence-corrected chi connectivity index (χ4v) is 1.44. The second-order valence-electron chi connectivity index (χ2n) is 3.58. The zero-order valence-corrected chi connectivity index (χ0v) is 10.3. The largest absolute Gasteiger partial charge is 0.444 e. The van der Waals surface area contributed by atoms with Crippen molar-refractivity contribution in [3.8, 4) is 0 Å². The molecule has 5 nitrogen and oxygen atoms in total. The van der Waals surface area contributed by atoms with Crippen molar-refractivity contribution in [1.29, 1.82) is 0 Å². The molecule has 0 saturated carbocycles. The smallest absolute Gasteiger partial charge is 0.208 e. The number of hydrogen-bond donors (Lipinski definition) is 1. The monoisotopic (exact) mass is 228 g/mol. The Hall–Kier alpha value is -0.910. The van der Waals surface area contributed by atoms with Gasteiger partial charge in [-0.1, -0.05) is 6.92 Å². The molecule has 1 rings (SSSR count). The van der Waals surface area contributed by atoms with Crippen molar-refractivity contribution in [1.82, 2.24) is 10.3 Å². The van der Waals surface area contributed by atoms with Gasteiger partial charge in [0.1, 0.15) is 5.76 Å². The molecule has 5 heteroatoms. The number of nitrogens with one attached hydrogen (secondary N) is 1. The maximum atomic E-state index is 5.47. The van der Waals surface area contributed by atoms with Crippen molar-refractivity contribution in [2.45, 2.75) is 39.1 Å². The molecule has 92 valence electrons. The first kappa shape index (κ1) is 13.2. The summed E-state index contributed by atoms with van der Waals surface area (Å²) in [6.07, 6.45) is 2.35. The Kier molecular flexibility index (Phi) is 5.45. The van der Waals surface area contributed by atoms with Crippen LogP contribution in [0.1, 0.15) is 25.5 Å². The molecule has 1 atom stereocenters. The van der Waals surface area contributed by atoms with Crippen molar-refractivity contribution in [3.63, 3.8) is 0 Å². The van der Waals surface area contributed by atoms with Gasteiger partial charge in [-0.05, 0) is 6.92 Å². The van der Waals surface area contributed by atoms with E-state index in [1.165, 1.54) is 0 Å². The lowest BCUT2D eigenvalue weighted by molar-refractivity contribution is -0.119. The predicted molar refractivity (Wildman–Crippen MR) is 60.0 cm³/mol. The standard InChI is InChI=1S/C11H20N2O3/c1-5-9-6-13-10(16-9)7-12-8(2)11(14-3)15-4/h6,8,11-12H,5,7H2,1-4H3. The predicted octanol–water partition coefficient (Wildman–Crippen LogP) is 1.33. The number of aryl methyl sites for hydroxylation is 1. The Morgan fingerprint density at radius 2 is 2.12 bits per heavy atom. The first-order chi connectivity index (χ1) is 7.71. The van der Waals surface area contributed by atoms with Crippen LogP contribution < -0.4 is 5.32 Å². The summed E-state index contributed by atoms with van der Waals surface area (Å²) in [6, 6.07) is 0.0759. The minimum atomic E-state index is -0.263. The number of methoxy groups -OCH3 is 2. The molecule has 1 unspecified atom stereocenters.